The average Bonchev–Trinajstić information content (AvgIpc) is 2.44. The number of nitrogens with two attached hydrogens (primary N) is 1. The van der Waals surface area contributed by atoms with Gasteiger partial charge in [0, 0.05) is 20.6 Å². The van der Waals surface area contributed by atoms with Crippen LogP contribution in [0.3, 0.4) is 0 Å². The van der Waals surface area contributed by atoms with Crippen molar-refractivity contribution in [1.82, 2.24) is 14.7 Å². The van der Waals surface area contributed by atoms with E-state index in [0.29, 0.717) is 11.4 Å². The normalized spacial score (nSPS) is 12.5. The molecule has 6 nitrogen and oxygen atoms in total. The van der Waals surface area contributed by atoms with Crippen molar-refractivity contribution >= 4 is 11.6 Å². The predicted molar refractivity (Wildman–Crippen MR) is 56.3 cm³/mol. The molecule has 1 amide bonds. The van der Waals surface area contributed by atoms with E-state index in [4.69, 9.17) is 10.8 Å². The lowest BCUT2D eigenvalue weighted by molar-refractivity contribution is 0.0694. The molecule has 0 fully saturated rings. The summed E-state index contributed by atoms with van der Waals surface area (Å²) in [6.45, 7) is 1.89. The summed E-state index contributed by atoms with van der Waals surface area (Å²) in [5.74, 6) is -0.242. The number of carbonyl (C=O) groups excluding carboxylic acids is 1. The number of hydrogen-bond donors (Lipinski definition) is 2. The van der Waals surface area contributed by atoms with Gasteiger partial charge < -0.3 is 15.7 Å². The van der Waals surface area contributed by atoms with Gasteiger partial charge in [0.2, 0.25) is 0 Å². The molecule has 0 radical (unpaired) electrons. The number of aromatic nitrogens is 2. The topological polar surface area (TPSA) is 84.4 Å². The van der Waals surface area contributed by atoms with E-state index in [9.17, 15) is 4.79 Å². The van der Waals surface area contributed by atoms with Gasteiger partial charge in [-0.1, -0.05) is 0 Å². The Kier molecular flexibility index (Phi) is 3.31. The summed E-state index contributed by atoms with van der Waals surface area (Å²) in [6.07, 6.45) is 0.872. The molecule has 1 rings (SSSR count). The van der Waals surface area contributed by atoms with Gasteiger partial charge >= 0.3 is 0 Å². The van der Waals surface area contributed by atoms with Crippen molar-refractivity contribution < 1.29 is 9.90 Å². The Morgan fingerprint density at radius 2 is 2.40 bits per heavy atom. The highest BCUT2D eigenvalue weighted by Crippen LogP contribution is 2.11. The molecule has 0 saturated carbocycles. The molecular formula is C9H16N4O2. The first-order chi connectivity index (χ1) is 6.93. The first kappa shape index (κ1) is 11.5. The van der Waals surface area contributed by atoms with Crippen molar-refractivity contribution in [2.24, 2.45) is 7.05 Å². The Morgan fingerprint density at radius 1 is 1.80 bits per heavy atom. The minimum Gasteiger partial charge on any atom is -0.396 e. The third-order valence-electron chi connectivity index (χ3n) is 2.05. The van der Waals surface area contributed by atoms with Crippen LogP contribution < -0.4 is 5.73 Å². The summed E-state index contributed by atoms with van der Waals surface area (Å²) in [5, 5.41) is 13.0. The zero-order valence-corrected chi connectivity index (χ0v) is 9.14. The van der Waals surface area contributed by atoms with Crippen LogP contribution in [0.25, 0.3) is 0 Å². The van der Waals surface area contributed by atoms with Gasteiger partial charge in [-0.05, 0) is 6.92 Å². The number of likely N-dealkylation sites (N-methyl/N-ethyl adjacent to an activating group) is 1. The molecule has 1 aromatic heterocycles. The van der Waals surface area contributed by atoms with Crippen LogP contribution >= 0.6 is 0 Å². The quantitative estimate of drug-likeness (QED) is 0.704. The molecule has 1 heterocycles. The van der Waals surface area contributed by atoms with Gasteiger partial charge in [-0.2, -0.15) is 5.10 Å². The first-order valence-corrected chi connectivity index (χ1v) is 4.64. The van der Waals surface area contributed by atoms with Crippen LogP contribution in [0.15, 0.2) is 6.20 Å². The first-order valence-electron chi connectivity index (χ1n) is 4.64. The highest BCUT2D eigenvalue weighted by Gasteiger charge is 2.19. The van der Waals surface area contributed by atoms with E-state index >= 15 is 0 Å². The van der Waals surface area contributed by atoms with Crippen LogP contribution in [0.2, 0.25) is 0 Å². The van der Waals surface area contributed by atoms with Crippen LogP contribution in [0.4, 0.5) is 5.69 Å². The van der Waals surface area contributed by atoms with Crippen LogP contribution in [-0.4, -0.2) is 45.4 Å². The summed E-state index contributed by atoms with van der Waals surface area (Å²) in [5.41, 5.74) is 6.31. The molecule has 0 spiro atoms. The maximum absolute atomic E-state index is 11.9. The molecule has 1 unspecified atom stereocenters. The number of amides is 1. The Labute approximate surface area is 88.3 Å². The Balaban J connectivity index is 2.85. The fraction of sp³-hybridized carbons (Fsp3) is 0.556. The SMILES string of the molecule is CC(O)CN(C)C(=O)c1c(N)cnn1C. The summed E-state index contributed by atoms with van der Waals surface area (Å²) >= 11 is 0. The van der Waals surface area contributed by atoms with E-state index < -0.39 is 6.10 Å². The van der Waals surface area contributed by atoms with Crippen LogP contribution in [0.1, 0.15) is 17.4 Å². The van der Waals surface area contributed by atoms with Gasteiger partial charge in [-0.15, -0.1) is 0 Å². The van der Waals surface area contributed by atoms with Gasteiger partial charge in [-0.25, -0.2) is 0 Å². The molecule has 0 saturated heterocycles. The fourth-order valence-electron chi connectivity index (χ4n) is 1.38. The van der Waals surface area contributed by atoms with Crippen molar-refractivity contribution in [2.45, 2.75) is 13.0 Å². The van der Waals surface area contributed by atoms with Crippen LogP contribution in [0.5, 0.6) is 0 Å². The highest BCUT2D eigenvalue weighted by molar-refractivity contribution is 5.97. The van der Waals surface area contributed by atoms with E-state index in [1.54, 1.807) is 21.0 Å². The zero-order valence-electron chi connectivity index (χ0n) is 9.14. The molecular weight excluding hydrogens is 196 g/mol. The molecule has 0 aromatic carbocycles. The molecule has 3 N–H and O–H groups in total. The second kappa shape index (κ2) is 4.31. The van der Waals surface area contributed by atoms with Gasteiger partial charge in [0.25, 0.3) is 5.91 Å². The minimum atomic E-state index is -0.562. The lowest BCUT2D eigenvalue weighted by Crippen LogP contribution is -2.34. The van der Waals surface area contributed by atoms with E-state index in [1.165, 1.54) is 15.8 Å². The number of nitrogen functional groups attached to an aromatic ring is 1. The molecule has 15 heavy (non-hydrogen) atoms. The summed E-state index contributed by atoms with van der Waals surface area (Å²) < 4.78 is 1.43. The average molecular weight is 212 g/mol. The van der Waals surface area contributed by atoms with Crippen LogP contribution in [-0.2, 0) is 7.05 Å². The fourth-order valence-corrected chi connectivity index (χ4v) is 1.38. The Hall–Kier alpha value is -1.56. The van der Waals surface area contributed by atoms with Crippen molar-refractivity contribution in [3.8, 4) is 0 Å². The van der Waals surface area contributed by atoms with Crippen molar-refractivity contribution in [3.05, 3.63) is 11.9 Å². The lowest BCUT2D eigenvalue weighted by atomic mass is 10.3. The molecule has 0 aliphatic rings. The van der Waals surface area contributed by atoms with Gasteiger partial charge in [0.15, 0.2) is 0 Å². The standard InChI is InChI=1S/C9H16N4O2/c1-6(14)5-12(2)9(15)8-7(10)4-11-13(8)3/h4,6,14H,5,10H2,1-3H3. The van der Waals surface area contributed by atoms with E-state index in [1.807, 2.05) is 0 Å². The third kappa shape index (κ3) is 2.47. The van der Waals surface area contributed by atoms with Crippen LogP contribution in [0, 0.1) is 0 Å². The maximum atomic E-state index is 11.9. The Morgan fingerprint density at radius 3 is 2.80 bits per heavy atom. The summed E-state index contributed by atoms with van der Waals surface area (Å²) in [4.78, 5) is 13.3. The number of carbonyl (C=O) groups is 1. The van der Waals surface area contributed by atoms with Crippen molar-refractivity contribution in [1.29, 1.82) is 0 Å². The number of hydrogen-bond acceptors (Lipinski definition) is 4. The Bertz CT molecular complexity index is 339. The summed E-state index contributed by atoms with van der Waals surface area (Å²) in [7, 11) is 3.27. The second-order valence-electron chi connectivity index (χ2n) is 3.61. The zero-order chi connectivity index (χ0) is 11.6. The second-order valence-corrected chi connectivity index (χ2v) is 3.61. The van der Waals surface area contributed by atoms with Crippen molar-refractivity contribution in [3.63, 3.8) is 0 Å². The molecule has 1 atom stereocenters. The minimum absolute atomic E-state index is 0.242. The lowest BCUT2D eigenvalue weighted by Gasteiger charge is -2.18. The van der Waals surface area contributed by atoms with Crippen molar-refractivity contribution in [2.75, 3.05) is 19.3 Å². The monoisotopic (exact) mass is 212 g/mol. The smallest absolute Gasteiger partial charge is 0.274 e. The molecule has 84 valence electrons. The molecule has 1 aromatic rings. The number of nitrogens with zero attached hydrogens (tertiary/aromatic N) is 3. The number of anilines is 1. The van der Waals surface area contributed by atoms with E-state index in [2.05, 4.69) is 5.10 Å². The van der Waals surface area contributed by atoms with E-state index in [-0.39, 0.29) is 12.5 Å². The summed E-state index contributed by atoms with van der Waals surface area (Å²) in [6, 6.07) is 0. The number of aryl methyl sites for hydroxylation is 1. The predicted octanol–water partition coefficient (Wildman–Crippen LogP) is -0.545. The van der Waals surface area contributed by atoms with E-state index in [0.717, 1.165) is 0 Å². The molecule has 0 aliphatic heterocycles. The van der Waals surface area contributed by atoms with Gasteiger partial charge in [0.1, 0.15) is 5.69 Å². The highest BCUT2D eigenvalue weighted by atomic mass is 16.3. The molecule has 6 heteroatoms. The largest absolute Gasteiger partial charge is 0.396 e. The molecule has 0 aliphatic carbocycles. The maximum Gasteiger partial charge on any atom is 0.274 e. The molecule has 0 bridgehead atoms. The number of aliphatic hydroxyl groups excluding tert-OH is 1. The van der Waals surface area contributed by atoms with Gasteiger partial charge in [0.05, 0.1) is 18.0 Å². The number of rotatable bonds is 3. The third-order valence-corrected chi connectivity index (χ3v) is 2.05. The van der Waals surface area contributed by atoms with Gasteiger partial charge in [-0.3, -0.25) is 9.48 Å². The number of aliphatic hydroxyl groups is 1.